The third-order valence-electron chi connectivity index (χ3n) is 5.28. The van der Waals surface area contributed by atoms with Gasteiger partial charge in [-0.25, -0.2) is 9.89 Å². The highest BCUT2D eigenvalue weighted by molar-refractivity contribution is 6.36. The minimum absolute atomic E-state index is 0.255. The molecule has 0 bridgehead atoms. The lowest BCUT2D eigenvalue weighted by Crippen LogP contribution is -2.23. The summed E-state index contributed by atoms with van der Waals surface area (Å²) in [6.45, 7) is 2.75. The van der Waals surface area contributed by atoms with Crippen molar-refractivity contribution in [3.05, 3.63) is 81.1 Å². The number of urea groups is 1. The Morgan fingerprint density at radius 1 is 1.00 bits per heavy atom. The molecule has 1 heterocycles. The molecule has 0 saturated heterocycles. The Balaban J connectivity index is 1.73. The van der Waals surface area contributed by atoms with E-state index in [2.05, 4.69) is 20.8 Å². The van der Waals surface area contributed by atoms with Crippen molar-refractivity contribution in [3.63, 3.8) is 0 Å². The summed E-state index contributed by atoms with van der Waals surface area (Å²) in [5.74, 6) is 0. The van der Waals surface area contributed by atoms with Crippen molar-refractivity contribution in [2.75, 3.05) is 29.1 Å². The van der Waals surface area contributed by atoms with Gasteiger partial charge in [-0.05, 0) is 43.3 Å². The van der Waals surface area contributed by atoms with Gasteiger partial charge in [0.15, 0.2) is 0 Å². The minimum atomic E-state index is -0.457. The van der Waals surface area contributed by atoms with Gasteiger partial charge in [-0.3, -0.25) is 4.79 Å². The van der Waals surface area contributed by atoms with Gasteiger partial charge in [-0.15, -0.1) is 0 Å². The Morgan fingerprint density at radius 3 is 2.45 bits per heavy atom. The molecule has 4 aromatic rings. The highest BCUT2D eigenvalue weighted by atomic mass is 35.5. The largest absolute Gasteiger partial charge is 0.373 e. The summed E-state index contributed by atoms with van der Waals surface area (Å²) in [6, 6.07) is 17.3. The lowest BCUT2D eigenvalue weighted by Gasteiger charge is -2.22. The number of anilines is 3. The van der Waals surface area contributed by atoms with Crippen LogP contribution in [0, 0.1) is 0 Å². The van der Waals surface area contributed by atoms with E-state index in [1.54, 1.807) is 30.3 Å². The Hall–Kier alpha value is -3.55. The fraction of sp³-hybridized carbons (Fsp3) is 0.125. The Labute approximate surface area is 200 Å². The van der Waals surface area contributed by atoms with Crippen molar-refractivity contribution < 1.29 is 4.79 Å². The molecule has 0 atom stereocenters. The lowest BCUT2D eigenvalue weighted by atomic mass is 10.0. The number of nitrogens with zero attached hydrogens (tertiary/aromatic N) is 2. The van der Waals surface area contributed by atoms with Crippen LogP contribution in [0.25, 0.3) is 22.0 Å². The van der Waals surface area contributed by atoms with E-state index in [9.17, 15) is 9.59 Å². The first-order valence-electron chi connectivity index (χ1n) is 10.2. The van der Waals surface area contributed by atoms with Crippen molar-refractivity contribution in [1.82, 2.24) is 10.2 Å². The summed E-state index contributed by atoms with van der Waals surface area (Å²) >= 11 is 12.1. The highest BCUT2D eigenvalue weighted by Crippen LogP contribution is 2.33. The van der Waals surface area contributed by atoms with Crippen LogP contribution in [0.4, 0.5) is 21.9 Å². The van der Waals surface area contributed by atoms with E-state index in [-0.39, 0.29) is 5.56 Å². The molecule has 0 radical (unpaired) electrons. The third-order valence-corrected chi connectivity index (χ3v) is 5.83. The fourth-order valence-corrected chi connectivity index (χ4v) is 3.94. The summed E-state index contributed by atoms with van der Waals surface area (Å²) in [5, 5.41) is 14.5. The molecule has 0 aliphatic rings. The van der Waals surface area contributed by atoms with E-state index in [1.807, 2.05) is 49.2 Å². The number of halogens is 2. The number of hydrogen-bond acceptors (Lipinski definition) is 4. The molecule has 4 rings (SSSR count). The van der Waals surface area contributed by atoms with Crippen LogP contribution in [0.15, 0.2) is 65.5 Å². The summed E-state index contributed by atoms with van der Waals surface area (Å²) < 4.78 is 0. The number of nitrogens with one attached hydrogen (secondary N) is 3. The van der Waals surface area contributed by atoms with E-state index >= 15 is 0 Å². The Bertz CT molecular complexity index is 1400. The molecular weight excluding hydrogens is 461 g/mol. The topological polar surface area (TPSA) is 90.1 Å². The van der Waals surface area contributed by atoms with Crippen LogP contribution < -0.4 is 21.1 Å². The summed E-state index contributed by atoms with van der Waals surface area (Å²) in [4.78, 5) is 27.0. The number of H-pyrrole nitrogens is 1. The highest BCUT2D eigenvalue weighted by Gasteiger charge is 2.15. The zero-order valence-corrected chi connectivity index (χ0v) is 19.5. The summed E-state index contributed by atoms with van der Waals surface area (Å²) in [6.07, 6.45) is 0. The predicted octanol–water partition coefficient (Wildman–Crippen LogP) is 6.00. The number of carbonyl (C=O) groups excluding carboxylic acids is 1. The second kappa shape index (κ2) is 9.52. The third kappa shape index (κ3) is 4.79. The maximum Gasteiger partial charge on any atom is 0.323 e. The van der Waals surface area contributed by atoms with Gasteiger partial charge in [0.25, 0.3) is 5.56 Å². The van der Waals surface area contributed by atoms with Crippen LogP contribution in [0.3, 0.4) is 0 Å². The average molecular weight is 482 g/mol. The quantitative estimate of drug-likeness (QED) is 0.326. The van der Waals surface area contributed by atoms with Gasteiger partial charge in [0, 0.05) is 29.6 Å². The van der Waals surface area contributed by atoms with E-state index in [0.29, 0.717) is 32.5 Å². The van der Waals surface area contributed by atoms with Crippen molar-refractivity contribution in [2.45, 2.75) is 6.92 Å². The Kier molecular flexibility index (Phi) is 6.53. The molecule has 7 nitrogen and oxygen atoms in total. The molecule has 2 amide bonds. The molecule has 0 saturated carbocycles. The molecule has 33 heavy (non-hydrogen) atoms. The molecule has 3 aromatic carbocycles. The van der Waals surface area contributed by atoms with Crippen molar-refractivity contribution in [2.24, 2.45) is 0 Å². The zero-order chi connectivity index (χ0) is 23.5. The van der Waals surface area contributed by atoms with Gasteiger partial charge >= 0.3 is 6.03 Å². The van der Waals surface area contributed by atoms with Crippen LogP contribution in [-0.2, 0) is 0 Å². The van der Waals surface area contributed by atoms with Crippen LogP contribution in [0.2, 0.25) is 10.0 Å². The van der Waals surface area contributed by atoms with Crippen LogP contribution in [0.1, 0.15) is 6.92 Å². The normalized spacial score (nSPS) is 10.8. The van der Waals surface area contributed by atoms with Crippen molar-refractivity contribution in [3.8, 4) is 11.3 Å². The van der Waals surface area contributed by atoms with Crippen LogP contribution >= 0.6 is 23.2 Å². The number of aromatic nitrogens is 2. The predicted molar refractivity (Wildman–Crippen MR) is 136 cm³/mol. The van der Waals surface area contributed by atoms with Gasteiger partial charge in [-0.1, -0.05) is 47.5 Å². The molecule has 0 fully saturated rings. The fourth-order valence-electron chi connectivity index (χ4n) is 3.49. The van der Waals surface area contributed by atoms with E-state index in [0.717, 1.165) is 23.2 Å². The zero-order valence-electron chi connectivity index (χ0n) is 17.9. The SMILES string of the molecule is CCN(C)c1ccc(-c2n[nH]c(=O)c3ccccc23)cc1NC(=O)Nc1ccc(Cl)cc1Cl. The number of fused-ring (bicyclic) bond motifs is 1. The van der Waals surface area contributed by atoms with Crippen LogP contribution in [0.5, 0.6) is 0 Å². The Morgan fingerprint density at radius 2 is 1.73 bits per heavy atom. The maximum absolute atomic E-state index is 12.8. The first-order chi connectivity index (χ1) is 15.9. The number of amides is 2. The van der Waals surface area contributed by atoms with E-state index in [1.165, 1.54) is 0 Å². The van der Waals surface area contributed by atoms with Gasteiger partial charge in [0.2, 0.25) is 0 Å². The van der Waals surface area contributed by atoms with E-state index in [4.69, 9.17) is 23.2 Å². The molecule has 0 aliphatic heterocycles. The number of benzene rings is 3. The number of aromatic amines is 1. The van der Waals surface area contributed by atoms with Gasteiger partial charge in [0.05, 0.1) is 33.2 Å². The summed E-state index contributed by atoms with van der Waals surface area (Å²) in [7, 11) is 1.93. The molecule has 0 aliphatic carbocycles. The van der Waals surface area contributed by atoms with Gasteiger partial charge in [-0.2, -0.15) is 5.10 Å². The molecule has 0 spiro atoms. The molecule has 168 valence electrons. The molecule has 3 N–H and O–H groups in total. The molecule has 1 aromatic heterocycles. The van der Waals surface area contributed by atoms with Crippen LogP contribution in [-0.4, -0.2) is 29.8 Å². The number of carbonyl (C=O) groups is 1. The number of hydrogen-bond donors (Lipinski definition) is 3. The smallest absolute Gasteiger partial charge is 0.323 e. The lowest BCUT2D eigenvalue weighted by molar-refractivity contribution is 0.262. The van der Waals surface area contributed by atoms with Gasteiger partial charge < -0.3 is 15.5 Å². The van der Waals surface area contributed by atoms with Gasteiger partial charge in [0.1, 0.15) is 0 Å². The molecular formula is C24H21Cl2N5O2. The number of rotatable bonds is 5. The molecule has 0 unspecified atom stereocenters. The standard InChI is InChI=1S/C24H21Cl2N5O2/c1-3-31(2)21-11-8-14(22-16-6-4-5-7-17(16)23(32)30-29-22)12-20(21)28-24(33)27-19-10-9-15(25)13-18(19)26/h4-13H,3H2,1-2H3,(H,30,32)(H2,27,28,33). The first kappa shape index (κ1) is 22.6. The van der Waals surface area contributed by atoms with E-state index < -0.39 is 6.03 Å². The average Bonchev–Trinajstić information content (AvgIpc) is 2.81. The summed E-state index contributed by atoms with van der Waals surface area (Å²) in [5.41, 5.74) is 2.95. The molecule has 9 heteroatoms. The monoisotopic (exact) mass is 481 g/mol. The second-order valence-electron chi connectivity index (χ2n) is 7.40. The second-order valence-corrected chi connectivity index (χ2v) is 8.24. The minimum Gasteiger partial charge on any atom is -0.373 e. The first-order valence-corrected chi connectivity index (χ1v) is 11.0. The van der Waals surface area contributed by atoms with Crippen molar-refractivity contribution >= 4 is 57.1 Å². The maximum atomic E-state index is 12.8. The van der Waals surface area contributed by atoms with Crippen molar-refractivity contribution in [1.29, 1.82) is 0 Å².